The van der Waals surface area contributed by atoms with Crippen molar-refractivity contribution in [3.63, 3.8) is 0 Å². The molecule has 3 N–H and O–H groups in total. The zero-order valence-corrected chi connectivity index (χ0v) is 12.8. The molecular weight excluding hydrogens is 319 g/mol. The van der Waals surface area contributed by atoms with Crippen molar-refractivity contribution in [2.75, 3.05) is 0 Å². The maximum absolute atomic E-state index is 13.8. The Balaban J connectivity index is 3.19. The minimum atomic E-state index is -4.19. The number of benzene rings is 1. The van der Waals surface area contributed by atoms with E-state index in [2.05, 4.69) is 10.6 Å². The van der Waals surface area contributed by atoms with Gasteiger partial charge in [0.1, 0.15) is 10.7 Å². The van der Waals surface area contributed by atoms with Gasteiger partial charge >= 0.3 is 0 Å². The van der Waals surface area contributed by atoms with Crippen molar-refractivity contribution in [2.24, 2.45) is 5.14 Å². The van der Waals surface area contributed by atoms with E-state index in [1.807, 2.05) is 6.92 Å². The fourth-order valence-electron chi connectivity index (χ4n) is 1.59. The predicted octanol–water partition coefficient (Wildman–Crippen LogP) is 0.553. The summed E-state index contributed by atoms with van der Waals surface area (Å²) in [6.07, 6.45) is 6.24. The Bertz CT molecular complexity index is 767. The Hall–Kier alpha value is -1.47. The highest BCUT2D eigenvalue weighted by molar-refractivity contribution is 7.89. The molecule has 0 saturated carbocycles. The minimum absolute atomic E-state index is 0.395. The van der Waals surface area contributed by atoms with Gasteiger partial charge in [0.15, 0.2) is 0 Å². The van der Waals surface area contributed by atoms with Gasteiger partial charge in [-0.2, -0.15) is 4.72 Å². The molecule has 0 saturated heterocycles. The van der Waals surface area contributed by atoms with E-state index in [0.717, 1.165) is 12.1 Å². The number of nitrogens with one attached hydrogen (secondary N) is 1. The largest absolute Gasteiger partial charge is 0.244 e. The molecular formula is C12H15FN2O4S2. The fraction of sp³-hybridized carbons (Fsp3) is 0.333. The van der Waals surface area contributed by atoms with Crippen LogP contribution >= 0.6 is 0 Å². The average Bonchev–Trinajstić information content (AvgIpc) is 2.36. The number of halogens is 1. The van der Waals surface area contributed by atoms with Crippen LogP contribution in [0.3, 0.4) is 0 Å². The Morgan fingerprint density at radius 1 is 1.38 bits per heavy atom. The summed E-state index contributed by atoms with van der Waals surface area (Å²) >= 11 is 0. The molecule has 1 aromatic rings. The van der Waals surface area contributed by atoms with Crippen molar-refractivity contribution in [2.45, 2.75) is 35.6 Å². The standard InChI is InChI=1S/C12H15FN2O4S2/c1-3-5-9(4-2)15-21(18,19)12-7-6-10(8-11(12)13)20(14,16)17/h2,6-9,15H,3,5H2,1H3,(H2,14,16,17). The normalized spacial score (nSPS) is 13.6. The summed E-state index contributed by atoms with van der Waals surface area (Å²) < 4.78 is 62.2. The first-order valence-corrected chi connectivity index (χ1v) is 8.95. The topological polar surface area (TPSA) is 106 Å². The van der Waals surface area contributed by atoms with Crippen LogP contribution in [0.1, 0.15) is 19.8 Å². The van der Waals surface area contributed by atoms with Gasteiger partial charge in [0, 0.05) is 0 Å². The van der Waals surface area contributed by atoms with E-state index in [1.54, 1.807) is 0 Å². The number of sulfonamides is 2. The van der Waals surface area contributed by atoms with E-state index in [1.165, 1.54) is 0 Å². The molecule has 1 unspecified atom stereocenters. The molecule has 0 aromatic heterocycles. The van der Waals surface area contributed by atoms with Crippen LogP contribution in [0.25, 0.3) is 0 Å². The third-order valence-corrected chi connectivity index (χ3v) is 5.01. The van der Waals surface area contributed by atoms with Gasteiger partial charge in [0.05, 0.1) is 10.9 Å². The number of hydrogen-bond donors (Lipinski definition) is 2. The molecule has 0 amide bonds. The molecule has 0 bridgehead atoms. The molecule has 0 spiro atoms. The summed E-state index contributed by atoms with van der Waals surface area (Å²) in [5.74, 6) is 1.03. The van der Waals surface area contributed by atoms with Crippen molar-refractivity contribution in [3.05, 3.63) is 24.0 Å². The molecule has 1 atom stereocenters. The zero-order valence-electron chi connectivity index (χ0n) is 11.2. The molecule has 21 heavy (non-hydrogen) atoms. The Morgan fingerprint density at radius 2 is 2.00 bits per heavy atom. The predicted molar refractivity (Wildman–Crippen MR) is 75.6 cm³/mol. The second-order valence-electron chi connectivity index (χ2n) is 4.27. The van der Waals surface area contributed by atoms with E-state index < -0.39 is 41.7 Å². The highest BCUT2D eigenvalue weighted by atomic mass is 32.2. The van der Waals surface area contributed by atoms with Crippen molar-refractivity contribution in [3.8, 4) is 12.3 Å². The fourth-order valence-corrected chi connectivity index (χ4v) is 3.37. The summed E-state index contributed by atoms with van der Waals surface area (Å²) in [5.41, 5.74) is 0. The van der Waals surface area contributed by atoms with Crippen LogP contribution in [-0.2, 0) is 20.0 Å². The van der Waals surface area contributed by atoms with Crippen LogP contribution in [0.2, 0.25) is 0 Å². The quantitative estimate of drug-likeness (QED) is 0.741. The molecule has 0 aliphatic rings. The van der Waals surface area contributed by atoms with Gasteiger partial charge in [-0.05, 0) is 24.6 Å². The highest BCUT2D eigenvalue weighted by Gasteiger charge is 2.23. The third kappa shape index (κ3) is 4.50. The second kappa shape index (κ2) is 6.53. The first kappa shape index (κ1) is 17.6. The van der Waals surface area contributed by atoms with E-state index in [4.69, 9.17) is 11.6 Å². The number of terminal acetylenes is 1. The van der Waals surface area contributed by atoms with E-state index in [-0.39, 0.29) is 0 Å². The zero-order chi connectivity index (χ0) is 16.3. The Kier molecular flexibility index (Phi) is 5.47. The van der Waals surface area contributed by atoms with E-state index in [9.17, 15) is 21.2 Å². The van der Waals surface area contributed by atoms with Crippen molar-refractivity contribution in [1.82, 2.24) is 4.72 Å². The summed E-state index contributed by atoms with van der Waals surface area (Å²) in [7, 11) is -8.30. The molecule has 0 heterocycles. The lowest BCUT2D eigenvalue weighted by molar-refractivity contribution is 0.542. The van der Waals surface area contributed by atoms with Gasteiger partial charge in [-0.25, -0.2) is 26.4 Å². The van der Waals surface area contributed by atoms with Crippen LogP contribution < -0.4 is 9.86 Å². The van der Waals surface area contributed by atoms with Crippen LogP contribution in [0.15, 0.2) is 28.0 Å². The lowest BCUT2D eigenvalue weighted by atomic mass is 10.2. The molecule has 1 aromatic carbocycles. The van der Waals surface area contributed by atoms with Gasteiger partial charge < -0.3 is 0 Å². The van der Waals surface area contributed by atoms with Crippen LogP contribution in [0, 0.1) is 18.2 Å². The SMILES string of the molecule is C#CC(CCC)NS(=O)(=O)c1ccc(S(N)(=O)=O)cc1F. The molecule has 9 heteroatoms. The Morgan fingerprint density at radius 3 is 2.43 bits per heavy atom. The maximum atomic E-state index is 13.8. The van der Waals surface area contributed by atoms with Gasteiger partial charge in [-0.15, -0.1) is 6.42 Å². The van der Waals surface area contributed by atoms with Gasteiger partial charge in [0.2, 0.25) is 20.0 Å². The first-order valence-electron chi connectivity index (χ1n) is 5.92. The monoisotopic (exact) mass is 334 g/mol. The van der Waals surface area contributed by atoms with Crippen molar-refractivity contribution in [1.29, 1.82) is 0 Å². The summed E-state index contributed by atoms with van der Waals surface area (Å²) in [5, 5.41) is 4.84. The van der Waals surface area contributed by atoms with E-state index >= 15 is 0 Å². The summed E-state index contributed by atoms with van der Waals surface area (Å²) in [6.45, 7) is 1.82. The van der Waals surface area contributed by atoms with Gasteiger partial charge in [-0.3, -0.25) is 0 Å². The average molecular weight is 334 g/mol. The molecule has 0 fully saturated rings. The van der Waals surface area contributed by atoms with Crippen molar-refractivity contribution < 1.29 is 21.2 Å². The second-order valence-corrected chi connectivity index (χ2v) is 7.51. The lowest BCUT2D eigenvalue weighted by Crippen LogP contribution is -2.34. The van der Waals surface area contributed by atoms with Gasteiger partial charge in [0.25, 0.3) is 0 Å². The minimum Gasteiger partial charge on any atom is -0.225 e. The molecule has 116 valence electrons. The van der Waals surface area contributed by atoms with E-state index in [0.29, 0.717) is 18.9 Å². The number of nitrogens with two attached hydrogens (primary N) is 1. The smallest absolute Gasteiger partial charge is 0.225 e. The van der Waals surface area contributed by atoms with Crippen LogP contribution in [-0.4, -0.2) is 22.9 Å². The third-order valence-electron chi connectivity index (χ3n) is 2.60. The van der Waals surface area contributed by atoms with Crippen LogP contribution in [0.5, 0.6) is 0 Å². The number of rotatable bonds is 6. The first-order chi connectivity index (χ1) is 9.61. The molecule has 6 nitrogen and oxygen atoms in total. The lowest BCUT2D eigenvalue weighted by Gasteiger charge is -2.13. The number of hydrogen-bond acceptors (Lipinski definition) is 4. The highest BCUT2D eigenvalue weighted by Crippen LogP contribution is 2.18. The van der Waals surface area contributed by atoms with Crippen molar-refractivity contribution >= 4 is 20.0 Å². The summed E-state index contributed by atoms with van der Waals surface area (Å²) in [6, 6.07) is 1.53. The molecule has 0 radical (unpaired) electrons. The van der Waals surface area contributed by atoms with Crippen LogP contribution in [0.4, 0.5) is 4.39 Å². The van der Waals surface area contributed by atoms with Gasteiger partial charge in [-0.1, -0.05) is 19.3 Å². The molecule has 0 aliphatic heterocycles. The Labute approximate surface area is 123 Å². The maximum Gasteiger partial charge on any atom is 0.244 e. The molecule has 1 rings (SSSR count). The number of primary sulfonamides is 1. The molecule has 0 aliphatic carbocycles. The summed E-state index contributed by atoms with van der Waals surface area (Å²) in [4.78, 5) is -1.20.